The molecule has 2 fully saturated rings. The first-order chi connectivity index (χ1) is 25.4. The number of aryl methyl sites for hydroxylation is 1. The summed E-state index contributed by atoms with van der Waals surface area (Å²) in [5.41, 5.74) is 6.49. The largest absolute Gasteiger partial charge is 0.437 e. The maximum atomic E-state index is 14.2. The molecule has 0 saturated carbocycles. The molecule has 2 aliphatic heterocycles. The molecule has 12 nitrogen and oxygen atoms in total. The highest BCUT2D eigenvalue weighted by Gasteiger charge is 2.43. The Bertz CT molecular complexity index is 2260. The van der Waals surface area contributed by atoms with Crippen LogP contribution in [0.15, 0.2) is 100 Å². The van der Waals surface area contributed by atoms with Crippen LogP contribution in [-0.2, 0) is 21.4 Å². The van der Waals surface area contributed by atoms with Crippen molar-refractivity contribution in [1.82, 2.24) is 23.7 Å². The van der Waals surface area contributed by atoms with Crippen LogP contribution in [0.1, 0.15) is 36.4 Å². The van der Waals surface area contributed by atoms with Crippen molar-refractivity contribution in [3.8, 4) is 22.1 Å². The van der Waals surface area contributed by atoms with E-state index in [9.17, 15) is 27.5 Å². The molecule has 276 valence electrons. The van der Waals surface area contributed by atoms with Gasteiger partial charge in [-0.3, -0.25) is 19.1 Å². The van der Waals surface area contributed by atoms with Crippen molar-refractivity contribution in [3.63, 3.8) is 0 Å². The number of piperidine rings is 2. The van der Waals surface area contributed by atoms with Crippen LogP contribution in [0.3, 0.4) is 0 Å². The van der Waals surface area contributed by atoms with Gasteiger partial charge in [0.15, 0.2) is 5.69 Å². The Balaban J connectivity index is 1.02. The summed E-state index contributed by atoms with van der Waals surface area (Å²) in [6, 6.07) is 22.0. The van der Waals surface area contributed by atoms with E-state index in [4.69, 9.17) is 10.5 Å². The van der Waals surface area contributed by atoms with Gasteiger partial charge in [-0.25, -0.2) is 17.8 Å². The summed E-state index contributed by atoms with van der Waals surface area (Å²) in [6.07, 6.45) is 3.74. The minimum Gasteiger partial charge on any atom is -0.437 e. The Morgan fingerprint density at radius 1 is 1.02 bits per heavy atom. The lowest BCUT2D eigenvalue weighted by Gasteiger charge is -2.43. The fourth-order valence-corrected chi connectivity index (χ4v) is 9.91. The molecule has 7 rings (SSSR count). The number of rotatable bonds is 9. The van der Waals surface area contributed by atoms with E-state index in [1.54, 1.807) is 23.2 Å². The van der Waals surface area contributed by atoms with Crippen LogP contribution >= 0.6 is 11.3 Å². The highest BCUT2D eigenvalue weighted by atomic mass is 32.2. The smallest absolute Gasteiger partial charge is 0.280 e. The van der Waals surface area contributed by atoms with E-state index < -0.39 is 32.9 Å². The van der Waals surface area contributed by atoms with Gasteiger partial charge in [0.05, 0.1) is 12.1 Å². The molecule has 0 spiro atoms. The van der Waals surface area contributed by atoms with Gasteiger partial charge in [0.2, 0.25) is 11.8 Å². The first-order valence-electron chi connectivity index (χ1n) is 17.3. The van der Waals surface area contributed by atoms with E-state index in [1.165, 1.54) is 50.8 Å². The van der Waals surface area contributed by atoms with Crippen LogP contribution < -0.4 is 16.0 Å². The summed E-state index contributed by atoms with van der Waals surface area (Å²) in [7, 11) is -3.83. The maximum absolute atomic E-state index is 14.2. The SMILES string of the molecule is Cc1ccc(-c2ccc(S(=O)(=O)N3CC[C@@H](C(=O)N4CCC(O)(Cn5cnc(Oc6ccc(F)cc6)c(N)c5=O)CC4)[C@H](c4ccccc4)C3)s2)cn1. The molecule has 5 aromatic rings. The number of aliphatic hydroxyl groups is 1. The van der Waals surface area contributed by atoms with Crippen LogP contribution in [0.5, 0.6) is 11.6 Å². The number of halogens is 1. The van der Waals surface area contributed by atoms with Gasteiger partial charge in [0.25, 0.3) is 15.6 Å². The second-order valence-corrected chi connectivity index (χ2v) is 16.8. The van der Waals surface area contributed by atoms with E-state index in [-0.39, 0.29) is 78.9 Å². The number of nitrogens with zero attached hydrogens (tertiary/aromatic N) is 5. The number of nitrogen functional groups attached to an aromatic ring is 1. The van der Waals surface area contributed by atoms with Gasteiger partial charge < -0.3 is 20.5 Å². The van der Waals surface area contributed by atoms with Crippen LogP contribution in [-0.4, -0.2) is 75.0 Å². The molecule has 0 bridgehead atoms. The number of benzene rings is 2. The van der Waals surface area contributed by atoms with Crippen LogP contribution in [0.4, 0.5) is 10.1 Å². The summed E-state index contributed by atoms with van der Waals surface area (Å²) in [5, 5.41) is 11.5. The summed E-state index contributed by atoms with van der Waals surface area (Å²) >= 11 is 1.20. The fourth-order valence-electron chi connectivity index (χ4n) is 6.98. The second-order valence-electron chi connectivity index (χ2n) is 13.6. The van der Waals surface area contributed by atoms with E-state index in [2.05, 4.69) is 9.97 Å². The summed E-state index contributed by atoms with van der Waals surface area (Å²) in [5.74, 6) is -1.24. The quantitative estimate of drug-likeness (QED) is 0.210. The Morgan fingerprint density at radius 3 is 2.45 bits per heavy atom. The van der Waals surface area contributed by atoms with E-state index in [1.807, 2.05) is 49.4 Å². The monoisotopic (exact) mass is 758 g/mol. The second kappa shape index (κ2) is 14.8. The van der Waals surface area contributed by atoms with E-state index in [0.29, 0.717) is 6.42 Å². The molecule has 0 aliphatic carbocycles. The van der Waals surface area contributed by atoms with E-state index >= 15 is 0 Å². The number of nitrogens with two attached hydrogens (primary N) is 1. The zero-order valence-electron chi connectivity index (χ0n) is 29.0. The number of aromatic nitrogens is 3. The molecule has 2 saturated heterocycles. The molecular formula is C38H39FN6O6S2. The van der Waals surface area contributed by atoms with Gasteiger partial charge in [-0.05, 0) is 74.2 Å². The molecule has 2 atom stereocenters. The average molecular weight is 759 g/mol. The molecule has 53 heavy (non-hydrogen) atoms. The van der Waals surface area contributed by atoms with Crippen LogP contribution in [0.2, 0.25) is 0 Å². The minimum absolute atomic E-state index is 0.0877. The van der Waals surface area contributed by atoms with Crippen molar-refractivity contribution < 1.29 is 27.4 Å². The average Bonchev–Trinajstić information content (AvgIpc) is 3.68. The van der Waals surface area contributed by atoms with E-state index in [0.717, 1.165) is 21.7 Å². The summed E-state index contributed by atoms with van der Waals surface area (Å²) in [6.45, 7) is 2.66. The Labute approximate surface area is 310 Å². The molecule has 3 aromatic heterocycles. The fraction of sp³-hybridized carbons (Fsp3) is 0.316. The number of pyridine rings is 1. The van der Waals surface area contributed by atoms with Crippen LogP contribution in [0.25, 0.3) is 10.4 Å². The van der Waals surface area contributed by atoms with Gasteiger partial charge in [-0.1, -0.05) is 36.4 Å². The highest BCUT2D eigenvalue weighted by Crippen LogP contribution is 2.39. The number of carbonyl (C=O) groups excluding carboxylic acids is 1. The van der Waals surface area contributed by atoms with Gasteiger partial charge in [-0.2, -0.15) is 4.31 Å². The van der Waals surface area contributed by atoms with Crippen molar-refractivity contribution in [3.05, 3.63) is 119 Å². The predicted molar refractivity (Wildman–Crippen MR) is 198 cm³/mol. The molecule has 1 amide bonds. The summed E-state index contributed by atoms with van der Waals surface area (Å²) in [4.78, 5) is 38.3. The molecule has 0 radical (unpaired) electrons. The first kappa shape index (κ1) is 36.4. The Morgan fingerprint density at radius 2 is 1.75 bits per heavy atom. The molecule has 15 heteroatoms. The molecule has 0 unspecified atom stereocenters. The number of anilines is 1. The van der Waals surface area contributed by atoms with Crippen molar-refractivity contribution >= 4 is 33.0 Å². The number of hydrogen-bond acceptors (Lipinski definition) is 10. The molecule has 2 aromatic carbocycles. The van der Waals surface area contributed by atoms with Gasteiger partial charge in [0.1, 0.15) is 22.1 Å². The van der Waals surface area contributed by atoms with Crippen molar-refractivity contribution in [2.75, 3.05) is 31.9 Å². The van der Waals surface area contributed by atoms with Crippen molar-refractivity contribution in [2.24, 2.45) is 5.92 Å². The number of likely N-dealkylation sites (tertiary alicyclic amines) is 1. The lowest BCUT2D eigenvalue weighted by atomic mass is 9.80. The zero-order chi connectivity index (χ0) is 37.3. The van der Waals surface area contributed by atoms with Gasteiger partial charge >= 0.3 is 0 Å². The Hall–Kier alpha value is -4.96. The third-order valence-electron chi connectivity index (χ3n) is 10.0. The third kappa shape index (κ3) is 7.74. The number of thiophene rings is 1. The number of sulfonamides is 1. The predicted octanol–water partition coefficient (Wildman–Crippen LogP) is 5.04. The lowest BCUT2D eigenvalue weighted by Crippen LogP contribution is -2.53. The molecule has 5 heterocycles. The third-order valence-corrected chi connectivity index (χ3v) is 13.5. The topological polar surface area (TPSA) is 161 Å². The normalized spacial score (nSPS) is 19.2. The number of amides is 1. The first-order valence-corrected chi connectivity index (χ1v) is 19.5. The lowest BCUT2D eigenvalue weighted by molar-refractivity contribution is -0.142. The van der Waals surface area contributed by atoms with Crippen molar-refractivity contribution in [1.29, 1.82) is 0 Å². The summed E-state index contributed by atoms with van der Waals surface area (Å²) < 4.78 is 49.7. The number of hydrogen-bond donors (Lipinski definition) is 2. The zero-order valence-corrected chi connectivity index (χ0v) is 30.6. The minimum atomic E-state index is -3.83. The number of ether oxygens (including phenoxy) is 1. The molecule has 3 N–H and O–H groups in total. The van der Waals surface area contributed by atoms with Crippen molar-refractivity contribution in [2.45, 2.75) is 48.5 Å². The standard InChI is InChI=1S/C38H39FN6O6S2/c1-25-7-8-27(21-41-25)32-13-14-33(52-32)53(49,50)45-18-15-30(31(22-45)26-5-3-2-4-6-26)36(46)43-19-16-38(48,17-20-43)23-44-24-42-35(34(40)37(44)47)51-29-11-9-28(39)10-12-29/h2-14,21,24,30-31,48H,15-20,22-23,40H2,1H3/t30-,31+/m1/s1. The van der Waals surface area contributed by atoms with Crippen LogP contribution in [0, 0.1) is 18.7 Å². The van der Waals surface area contributed by atoms with Gasteiger partial charge in [-0.15, -0.1) is 11.3 Å². The van der Waals surface area contributed by atoms with Gasteiger partial charge in [0, 0.05) is 60.3 Å². The maximum Gasteiger partial charge on any atom is 0.280 e. The number of carbonyl (C=O) groups is 1. The Kier molecular flexibility index (Phi) is 10.2. The molecular weight excluding hydrogens is 720 g/mol. The molecule has 2 aliphatic rings. The highest BCUT2D eigenvalue weighted by molar-refractivity contribution is 7.91.